The summed E-state index contributed by atoms with van der Waals surface area (Å²) in [7, 11) is 0. The quantitative estimate of drug-likeness (QED) is 0.891. The van der Waals surface area contributed by atoms with Gasteiger partial charge in [0.2, 0.25) is 0 Å². The fraction of sp³-hybridized carbons (Fsp3) is 0.429. The summed E-state index contributed by atoms with van der Waals surface area (Å²) in [5, 5.41) is 9.04. The van der Waals surface area contributed by atoms with Crippen molar-refractivity contribution in [3.63, 3.8) is 0 Å². The van der Waals surface area contributed by atoms with Crippen molar-refractivity contribution < 1.29 is 14.6 Å². The second kappa shape index (κ2) is 5.13. The van der Waals surface area contributed by atoms with Crippen LogP contribution in [0.25, 0.3) is 11.0 Å². The van der Waals surface area contributed by atoms with Gasteiger partial charge in [0, 0.05) is 6.61 Å². The number of aromatic nitrogens is 2. The maximum atomic E-state index is 12.0. The summed E-state index contributed by atoms with van der Waals surface area (Å²) in [6.07, 6.45) is 3.11. The van der Waals surface area contributed by atoms with E-state index in [0.717, 1.165) is 25.9 Å². The number of benzene rings is 1. The summed E-state index contributed by atoms with van der Waals surface area (Å²) >= 11 is 0. The number of carboxylic acids is 1. The number of fused-ring (bicyclic) bond motifs is 1. The normalized spacial score (nSPS) is 19.3. The van der Waals surface area contributed by atoms with Crippen LogP contribution in [-0.4, -0.2) is 33.3 Å². The number of hydrogen-bond donors (Lipinski definition) is 2. The molecule has 3 rings (SSSR count). The zero-order valence-electron chi connectivity index (χ0n) is 11.0. The molecule has 20 heavy (non-hydrogen) atoms. The van der Waals surface area contributed by atoms with E-state index in [1.165, 1.54) is 12.1 Å². The zero-order valence-corrected chi connectivity index (χ0v) is 11.0. The lowest BCUT2D eigenvalue weighted by Crippen LogP contribution is -2.29. The number of aromatic amines is 1. The van der Waals surface area contributed by atoms with Gasteiger partial charge in [0.1, 0.15) is 0 Å². The molecule has 6 heteroatoms. The summed E-state index contributed by atoms with van der Waals surface area (Å²) in [4.78, 5) is 25.8. The van der Waals surface area contributed by atoms with E-state index in [0.29, 0.717) is 17.6 Å². The number of ether oxygens (including phenoxy) is 1. The number of carbonyl (C=O) groups is 1. The average molecular weight is 276 g/mol. The maximum Gasteiger partial charge on any atom is 0.335 e. The van der Waals surface area contributed by atoms with Gasteiger partial charge in [-0.3, -0.25) is 4.57 Å². The lowest BCUT2D eigenvalue weighted by molar-refractivity contribution is 0.00613. The average Bonchev–Trinajstić information content (AvgIpc) is 2.75. The molecule has 0 radical (unpaired) electrons. The van der Waals surface area contributed by atoms with Crippen LogP contribution in [0.4, 0.5) is 0 Å². The van der Waals surface area contributed by atoms with Crippen molar-refractivity contribution in [1.29, 1.82) is 0 Å². The molecule has 2 N–H and O–H groups in total. The van der Waals surface area contributed by atoms with Gasteiger partial charge in [-0.25, -0.2) is 9.59 Å². The van der Waals surface area contributed by atoms with Gasteiger partial charge in [0.25, 0.3) is 0 Å². The molecule has 1 fully saturated rings. The summed E-state index contributed by atoms with van der Waals surface area (Å²) in [5.41, 5.74) is 1.21. The molecule has 1 aromatic carbocycles. The Kier molecular flexibility index (Phi) is 3.31. The van der Waals surface area contributed by atoms with Crippen LogP contribution in [0, 0.1) is 0 Å². The van der Waals surface area contributed by atoms with Crippen LogP contribution in [0.15, 0.2) is 23.0 Å². The Hall–Kier alpha value is -2.08. The van der Waals surface area contributed by atoms with Gasteiger partial charge in [0.15, 0.2) is 0 Å². The van der Waals surface area contributed by atoms with Crippen molar-refractivity contribution in [3.8, 4) is 0 Å². The lowest BCUT2D eigenvalue weighted by atomic mass is 10.1. The fourth-order valence-corrected chi connectivity index (χ4v) is 2.62. The minimum absolute atomic E-state index is 0.0222. The van der Waals surface area contributed by atoms with Crippen molar-refractivity contribution in [2.24, 2.45) is 0 Å². The van der Waals surface area contributed by atoms with Crippen molar-refractivity contribution in [1.82, 2.24) is 9.55 Å². The molecule has 106 valence electrons. The van der Waals surface area contributed by atoms with Gasteiger partial charge in [0.05, 0.1) is 29.2 Å². The van der Waals surface area contributed by atoms with Gasteiger partial charge >= 0.3 is 11.7 Å². The third-order valence-corrected chi connectivity index (χ3v) is 3.68. The first-order valence-electron chi connectivity index (χ1n) is 6.72. The highest BCUT2D eigenvalue weighted by molar-refractivity contribution is 5.92. The molecule has 0 amide bonds. The highest BCUT2D eigenvalue weighted by atomic mass is 16.5. The molecule has 6 nitrogen and oxygen atoms in total. The predicted octanol–water partition coefficient (Wildman–Crippen LogP) is 1.60. The molecule has 2 heterocycles. The van der Waals surface area contributed by atoms with E-state index < -0.39 is 5.97 Å². The van der Waals surface area contributed by atoms with Gasteiger partial charge in [-0.2, -0.15) is 0 Å². The minimum Gasteiger partial charge on any atom is -0.478 e. The first-order valence-corrected chi connectivity index (χ1v) is 6.72. The second-order valence-corrected chi connectivity index (χ2v) is 5.07. The van der Waals surface area contributed by atoms with E-state index in [1.54, 1.807) is 10.6 Å². The Morgan fingerprint density at radius 2 is 2.30 bits per heavy atom. The highest BCUT2D eigenvalue weighted by Crippen LogP contribution is 2.18. The van der Waals surface area contributed by atoms with Gasteiger partial charge in [-0.05, 0) is 37.5 Å². The lowest BCUT2D eigenvalue weighted by Gasteiger charge is -2.22. The van der Waals surface area contributed by atoms with Crippen LogP contribution in [0.1, 0.15) is 29.6 Å². The minimum atomic E-state index is -0.999. The van der Waals surface area contributed by atoms with E-state index in [-0.39, 0.29) is 17.4 Å². The van der Waals surface area contributed by atoms with Crippen molar-refractivity contribution in [2.75, 3.05) is 6.61 Å². The smallest absolute Gasteiger partial charge is 0.335 e. The third-order valence-electron chi connectivity index (χ3n) is 3.68. The molecule has 1 aliphatic rings. The van der Waals surface area contributed by atoms with Crippen LogP contribution < -0.4 is 5.69 Å². The first-order chi connectivity index (χ1) is 9.65. The van der Waals surface area contributed by atoms with E-state index in [2.05, 4.69) is 4.98 Å². The summed E-state index contributed by atoms with van der Waals surface area (Å²) in [6, 6.07) is 4.64. The van der Waals surface area contributed by atoms with Crippen LogP contribution >= 0.6 is 0 Å². The number of nitrogens with zero attached hydrogens (tertiary/aromatic N) is 1. The molecule has 1 aromatic heterocycles. The molecule has 0 bridgehead atoms. The SMILES string of the molecule is O=C(O)c1ccc2[nH]c(=O)n(CC3CCCCO3)c2c1. The number of imidazole rings is 1. The Balaban J connectivity index is 1.99. The number of aromatic carboxylic acids is 1. The Labute approximate surface area is 115 Å². The molecule has 0 spiro atoms. The third kappa shape index (κ3) is 2.34. The summed E-state index contributed by atoms with van der Waals surface area (Å²) in [6.45, 7) is 1.18. The topological polar surface area (TPSA) is 84.3 Å². The Bertz CT molecular complexity index is 695. The first kappa shape index (κ1) is 12.9. The highest BCUT2D eigenvalue weighted by Gasteiger charge is 2.18. The summed E-state index contributed by atoms with van der Waals surface area (Å²) in [5.74, 6) is -0.999. The van der Waals surface area contributed by atoms with Gasteiger partial charge in [-0.1, -0.05) is 0 Å². The van der Waals surface area contributed by atoms with Crippen LogP contribution in [-0.2, 0) is 11.3 Å². The van der Waals surface area contributed by atoms with E-state index in [1.807, 2.05) is 0 Å². The molecule has 1 atom stereocenters. The number of rotatable bonds is 3. The molecule has 1 saturated heterocycles. The Morgan fingerprint density at radius 1 is 1.45 bits per heavy atom. The molecular weight excluding hydrogens is 260 g/mol. The molecular formula is C14H16N2O4. The zero-order chi connectivity index (χ0) is 14.1. The molecule has 0 saturated carbocycles. The summed E-state index contributed by atoms with van der Waals surface area (Å²) < 4.78 is 7.21. The van der Waals surface area contributed by atoms with E-state index in [9.17, 15) is 9.59 Å². The van der Waals surface area contributed by atoms with E-state index in [4.69, 9.17) is 9.84 Å². The number of nitrogens with one attached hydrogen (secondary N) is 1. The molecule has 1 unspecified atom stereocenters. The standard InChI is InChI=1S/C14H16N2O4/c17-13(18)9-4-5-11-12(7-9)16(14(19)15-11)8-10-3-1-2-6-20-10/h4-5,7,10H,1-3,6,8H2,(H,15,19)(H,17,18). The van der Waals surface area contributed by atoms with Gasteiger partial charge < -0.3 is 14.8 Å². The van der Waals surface area contributed by atoms with Gasteiger partial charge in [-0.15, -0.1) is 0 Å². The van der Waals surface area contributed by atoms with Crippen LogP contribution in [0.2, 0.25) is 0 Å². The number of hydrogen-bond acceptors (Lipinski definition) is 3. The van der Waals surface area contributed by atoms with E-state index >= 15 is 0 Å². The van der Waals surface area contributed by atoms with Crippen molar-refractivity contribution in [2.45, 2.75) is 31.9 Å². The Morgan fingerprint density at radius 3 is 3.00 bits per heavy atom. The molecule has 2 aromatic rings. The van der Waals surface area contributed by atoms with Crippen molar-refractivity contribution >= 4 is 17.0 Å². The largest absolute Gasteiger partial charge is 0.478 e. The molecule has 1 aliphatic heterocycles. The van der Waals surface area contributed by atoms with Crippen LogP contribution in [0.3, 0.4) is 0 Å². The second-order valence-electron chi connectivity index (χ2n) is 5.07. The predicted molar refractivity (Wildman–Crippen MR) is 73.1 cm³/mol. The molecule has 0 aliphatic carbocycles. The van der Waals surface area contributed by atoms with Crippen molar-refractivity contribution in [3.05, 3.63) is 34.2 Å². The number of carboxylic acid groups (broad SMARTS) is 1. The maximum absolute atomic E-state index is 12.0. The monoisotopic (exact) mass is 276 g/mol. The number of H-pyrrole nitrogens is 1. The fourth-order valence-electron chi connectivity index (χ4n) is 2.62. The van der Waals surface area contributed by atoms with Crippen LogP contribution in [0.5, 0.6) is 0 Å².